The number of likely N-dealkylation sites (N-methyl/N-ethyl adjacent to an activating group) is 1. The Hall–Kier alpha value is -1.73. The van der Waals surface area contributed by atoms with Gasteiger partial charge in [-0.2, -0.15) is 0 Å². The molecule has 0 unspecified atom stereocenters. The summed E-state index contributed by atoms with van der Waals surface area (Å²) >= 11 is 5.91. The number of pyridine rings is 1. The van der Waals surface area contributed by atoms with Crippen molar-refractivity contribution in [2.75, 3.05) is 33.7 Å². The van der Waals surface area contributed by atoms with E-state index in [1.165, 1.54) is 6.07 Å². The predicted octanol–water partition coefficient (Wildman–Crippen LogP) is 2.06. The molecule has 0 aliphatic heterocycles. The van der Waals surface area contributed by atoms with Crippen molar-refractivity contribution >= 4 is 23.2 Å². The lowest BCUT2D eigenvalue weighted by Crippen LogP contribution is -2.37. The molecule has 0 saturated carbocycles. The molecule has 7 nitrogen and oxygen atoms in total. The molecule has 0 aliphatic rings. The third-order valence-electron chi connectivity index (χ3n) is 2.86. The molecule has 0 atom stereocenters. The van der Waals surface area contributed by atoms with Crippen molar-refractivity contribution in [2.45, 2.75) is 13.3 Å². The highest BCUT2D eigenvalue weighted by Crippen LogP contribution is 2.20. The quantitative estimate of drug-likeness (QED) is 0.437. The zero-order valence-electron chi connectivity index (χ0n) is 12.4. The number of rotatable bonds is 7. The van der Waals surface area contributed by atoms with Crippen LogP contribution in [0.25, 0.3) is 0 Å². The number of hydrogen-bond acceptors (Lipinski definition) is 5. The van der Waals surface area contributed by atoms with Gasteiger partial charge in [0.05, 0.1) is 10.5 Å². The number of hydrogen-bond donors (Lipinski definition) is 0. The second kappa shape index (κ2) is 7.90. The van der Waals surface area contributed by atoms with E-state index in [1.54, 1.807) is 4.90 Å². The van der Waals surface area contributed by atoms with Crippen molar-refractivity contribution in [3.8, 4) is 0 Å². The first-order chi connectivity index (χ1) is 9.86. The first-order valence-corrected chi connectivity index (χ1v) is 6.98. The van der Waals surface area contributed by atoms with E-state index in [0.717, 1.165) is 12.6 Å². The molecule has 1 amide bonds. The molecule has 0 N–H and O–H groups in total. The predicted molar refractivity (Wildman–Crippen MR) is 80.6 cm³/mol. The average Bonchev–Trinajstić information content (AvgIpc) is 2.42. The summed E-state index contributed by atoms with van der Waals surface area (Å²) in [5.41, 5.74) is -0.176. The van der Waals surface area contributed by atoms with Crippen LogP contribution in [0.2, 0.25) is 5.15 Å². The smallest absolute Gasteiger partial charge is 0.288 e. The molecule has 0 aliphatic carbocycles. The van der Waals surface area contributed by atoms with Crippen molar-refractivity contribution in [3.63, 3.8) is 0 Å². The molecule has 0 radical (unpaired) electrons. The van der Waals surface area contributed by atoms with Gasteiger partial charge in [-0.3, -0.25) is 14.9 Å². The number of nitro groups is 1. The Labute approximate surface area is 128 Å². The Morgan fingerprint density at radius 1 is 1.38 bits per heavy atom. The first-order valence-electron chi connectivity index (χ1n) is 6.60. The Morgan fingerprint density at radius 2 is 2.05 bits per heavy atom. The van der Waals surface area contributed by atoms with E-state index in [9.17, 15) is 14.9 Å². The monoisotopic (exact) mass is 314 g/mol. The van der Waals surface area contributed by atoms with Gasteiger partial charge in [0, 0.05) is 25.7 Å². The van der Waals surface area contributed by atoms with Gasteiger partial charge < -0.3 is 9.80 Å². The first kappa shape index (κ1) is 17.3. The largest absolute Gasteiger partial charge is 0.337 e. The fourth-order valence-corrected chi connectivity index (χ4v) is 1.95. The molecule has 116 valence electrons. The van der Waals surface area contributed by atoms with E-state index in [-0.39, 0.29) is 22.3 Å². The molecule has 1 aromatic rings. The fourth-order valence-electron chi connectivity index (χ4n) is 1.76. The second-order valence-corrected chi connectivity index (χ2v) is 5.24. The normalized spacial score (nSPS) is 10.7. The van der Waals surface area contributed by atoms with Crippen LogP contribution in [-0.2, 0) is 0 Å². The molecule has 0 bridgehead atoms. The summed E-state index contributed by atoms with van der Waals surface area (Å²) in [6.07, 6.45) is 1.84. The van der Waals surface area contributed by atoms with Crippen LogP contribution >= 0.6 is 11.6 Å². The maximum Gasteiger partial charge on any atom is 0.288 e. The molecule has 8 heteroatoms. The molecule has 1 heterocycles. The van der Waals surface area contributed by atoms with Gasteiger partial charge in [-0.25, -0.2) is 4.98 Å². The summed E-state index contributed by atoms with van der Waals surface area (Å²) < 4.78 is 0. The number of carbonyl (C=O) groups excluding carboxylic acids is 1. The minimum Gasteiger partial charge on any atom is -0.337 e. The highest BCUT2D eigenvalue weighted by Gasteiger charge is 2.21. The fraction of sp³-hybridized carbons (Fsp3) is 0.538. The average molecular weight is 315 g/mol. The van der Waals surface area contributed by atoms with Crippen LogP contribution < -0.4 is 0 Å². The molecule has 0 spiro atoms. The van der Waals surface area contributed by atoms with Gasteiger partial charge in [0.15, 0.2) is 0 Å². The van der Waals surface area contributed by atoms with Crippen LogP contribution in [0.1, 0.15) is 23.7 Å². The lowest BCUT2D eigenvalue weighted by molar-refractivity contribution is -0.385. The highest BCUT2D eigenvalue weighted by atomic mass is 35.5. The van der Waals surface area contributed by atoms with Gasteiger partial charge in [0.2, 0.25) is 0 Å². The van der Waals surface area contributed by atoms with Crippen LogP contribution in [0, 0.1) is 10.1 Å². The van der Waals surface area contributed by atoms with Gasteiger partial charge in [0.25, 0.3) is 11.6 Å². The maximum absolute atomic E-state index is 12.5. The summed E-state index contributed by atoms with van der Waals surface area (Å²) in [7, 11) is 3.83. The summed E-state index contributed by atoms with van der Waals surface area (Å²) in [6, 6.07) is 1.18. The minimum absolute atomic E-state index is 0.0171. The summed E-state index contributed by atoms with van der Waals surface area (Å²) in [6.45, 7) is 3.75. The molecule has 0 saturated heterocycles. The lowest BCUT2D eigenvalue weighted by atomic mass is 10.2. The Kier molecular flexibility index (Phi) is 6.51. The maximum atomic E-state index is 12.5. The van der Waals surface area contributed by atoms with E-state index < -0.39 is 4.92 Å². The molecule has 0 fully saturated rings. The minimum atomic E-state index is -0.593. The van der Waals surface area contributed by atoms with Crippen molar-refractivity contribution in [3.05, 3.63) is 33.1 Å². The Bertz CT molecular complexity index is 522. The Morgan fingerprint density at radius 3 is 2.57 bits per heavy atom. The van der Waals surface area contributed by atoms with E-state index in [0.29, 0.717) is 19.6 Å². The number of halogens is 1. The van der Waals surface area contributed by atoms with Crippen LogP contribution in [0.5, 0.6) is 0 Å². The van der Waals surface area contributed by atoms with Crippen molar-refractivity contribution in [1.82, 2.24) is 14.8 Å². The van der Waals surface area contributed by atoms with E-state index in [4.69, 9.17) is 11.6 Å². The van der Waals surface area contributed by atoms with Gasteiger partial charge in [-0.05, 0) is 20.5 Å². The van der Waals surface area contributed by atoms with Crippen LogP contribution in [0.4, 0.5) is 5.69 Å². The molecular weight excluding hydrogens is 296 g/mol. The third-order valence-corrected chi connectivity index (χ3v) is 3.16. The van der Waals surface area contributed by atoms with Crippen molar-refractivity contribution < 1.29 is 9.72 Å². The standard InChI is InChI=1S/C13H19ClN4O3/c1-4-5-17(7-6-16(2)3)13(19)11-8-10(18(20)21)9-15-12(11)14/h8-9H,4-7H2,1-3H3. The van der Waals surface area contributed by atoms with Gasteiger partial charge in [-0.15, -0.1) is 0 Å². The molecular formula is C13H19ClN4O3. The van der Waals surface area contributed by atoms with Crippen LogP contribution in [0.3, 0.4) is 0 Å². The number of carbonyl (C=O) groups is 1. The zero-order chi connectivity index (χ0) is 16.0. The zero-order valence-corrected chi connectivity index (χ0v) is 13.1. The number of nitrogens with zero attached hydrogens (tertiary/aromatic N) is 4. The van der Waals surface area contributed by atoms with Gasteiger partial charge >= 0.3 is 0 Å². The van der Waals surface area contributed by atoms with E-state index >= 15 is 0 Å². The highest BCUT2D eigenvalue weighted by molar-refractivity contribution is 6.32. The summed E-state index contributed by atoms with van der Waals surface area (Å²) in [4.78, 5) is 30.0. The topological polar surface area (TPSA) is 79.6 Å². The van der Waals surface area contributed by atoms with Crippen molar-refractivity contribution in [1.29, 1.82) is 0 Å². The van der Waals surface area contributed by atoms with E-state index in [1.807, 2.05) is 25.9 Å². The summed E-state index contributed by atoms with van der Waals surface area (Å²) in [5, 5.41) is 10.8. The van der Waals surface area contributed by atoms with Crippen molar-refractivity contribution in [2.24, 2.45) is 0 Å². The second-order valence-electron chi connectivity index (χ2n) is 4.88. The van der Waals surface area contributed by atoms with Crippen LogP contribution in [-0.4, -0.2) is 59.3 Å². The van der Waals surface area contributed by atoms with Gasteiger partial charge in [-0.1, -0.05) is 18.5 Å². The Balaban J connectivity index is 3.02. The van der Waals surface area contributed by atoms with Crippen LogP contribution in [0.15, 0.2) is 12.3 Å². The third kappa shape index (κ3) is 4.95. The lowest BCUT2D eigenvalue weighted by Gasteiger charge is -2.24. The number of amides is 1. The SMILES string of the molecule is CCCN(CCN(C)C)C(=O)c1cc([N+](=O)[O-])cnc1Cl. The molecule has 1 aromatic heterocycles. The van der Waals surface area contributed by atoms with E-state index in [2.05, 4.69) is 4.98 Å². The van der Waals surface area contributed by atoms with Gasteiger partial charge in [0.1, 0.15) is 11.3 Å². The molecule has 21 heavy (non-hydrogen) atoms. The summed E-state index contributed by atoms with van der Waals surface area (Å²) in [5.74, 6) is -0.333. The molecule has 1 rings (SSSR count). The number of aromatic nitrogens is 1. The molecule has 0 aromatic carbocycles.